The summed E-state index contributed by atoms with van der Waals surface area (Å²) in [5, 5.41) is 9.61. The van der Waals surface area contributed by atoms with E-state index in [1.165, 1.54) is 18.2 Å². The molecule has 0 saturated heterocycles. The Kier molecular flexibility index (Phi) is 5.39. The van der Waals surface area contributed by atoms with Crippen LogP contribution in [0, 0.1) is 11.3 Å². The molecule has 0 unspecified atom stereocenters. The SMILES string of the molecule is CCC(C#N)(CC)NS(=O)(=O)c1ccc(Cl)c(Br)c1. The molecule has 0 radical (unpaired) electrons. The van der Waals surface area contributed by atoms with Crippen molar-refractivity contribution in [3.8, 4) is 6.07 Å². The summed E-state index contributed by atoms with van der Waals surface area (Å²) < 4.78 is 27.5. The van der Waals surface area contributed by atoms with Crippen LogP contribution in [0.25, 0.3) is 0 Å². The van der Waals surface area contributed by atoms with Gasteiger partial charge in [0.25, 0.3) is 0 Å². The zero-order valence-electron chi connectivity index (χ0n) is 10.6. The van der Waals surface area contributed by atoms with Crippen LogP contribution in [0.15, 0.2) is 27.6 Å². The molecule has 104 valence electrons. The molecule has 0 aliphatic heterocycles. The van der Waals surface area contributed by atoms with Gasteiger partial charge in [-0.2, -0.15) is 9.98 Å². The molecule has 19 heavy (non-hydrogen) atoms. The fraction of sp³-hybridized carbons (Fsp3) is 0.417. The lowest BCUT2D eigenvalue weighted by Gasteiger charge is -2.24. The molecule has 0 atom stereocenters. The van der Waals surface area contributed by atoms with Gasteiger partial charge in [-0.05, 0) is 47.0 Å². The molecule has 7 heteroatoms. The van der Waals surface area contributed by atoms with E-state index in [0.29, 0.717) is 22.3 Å². The summed E-state index contributed by atoms with van der Waals surface area (Å²) in [6, 6.07) is 6.35. The van der Waals surface area contributed by atoms with E-state index in [4.69, 9.17) is 11.6 Å². The number of hydrogen-bond donors (Lipinski definition) is 1. The molecule has 0 spiro atoms. The highest BCUT2D eigenvalue weighted by molar-refractivity contribution is 9.10. The maximum atomic E-state index is 12.3. The Morgan fingerprint density at radius 2 is 2.00 bits per heavy atom. The average molecular weight is 366 g/mol. The van der Waals surface area contributed by atoms with E-state index in [0.717, 1.165) is 0 Å². The number of rotatable bonds is 5. The van der Waals surface area contributed by atoms with E-state index in [-0.39, 0.29) is 4.90 Å². The normalized spacial score (nSPS) is 12.2. The molecule has 1 aromatic rings. The van der Waals surface area contributed by atoms with Crippen molar-refractivity contribution in [2.75, 3.05) is 0 Å². The van der Waals surface area contributed by atoms with Crippen molar-refractivity contribution in [1.82, 2.24) is 4.72 Å². The van der Waals surface area contributed by atoms with E-state index in [9.17, 15) is 13.7 Å². The van der Waals surface area contributed by atoms with Gasteiger partial charge < -0.3 is 0 Å². The smallest absolute Gasteiger partial charge is 0.207 e. The molecule has 0 saturated carbocycles. The minimum atomic E-state index is -3.75. The topological polar surface area (TPSA) is 70.0 Å². The Morgan fingerprint density at radius 3 is 2.42 bits per heavy atom. The van der Waals surface area contributed by atoms with Crippen molar-refractivity contribution < 1.29 is 8.42 Å². The zero-order chi connectivity index (χ0) is 14.7. The number of nitrogens with one attached hydrogen (secondary N) is 1. The molecule has 0 fully saturated rings. The largest absolute Gasteiger partial charge is 0.241 e. The van der Waals surface area contributed by atoms with Crippen molar-refractivity contribution in [3.05, 3.63) is 27.7 Å². The van der Waals surface area contributed by atoms with Crippen molar-refractivity contribution >= 4 is 37.6 Å². The zero-order valence-corrected chi connectivity index (χ0v) is 13.7. The van der Waals surface area contributed by atoms with Crippen LogP contribution in [-0.2, 0) is 10.0 Å². The van der Waals surface area contributed by atoms with Gasteiger partial charge >= 0.3 is 0 Å². The monoisotopic (exact) mass is 364 g/mol. The molecule has 1 aromatic carbocycles. The predicted molar refractivity (Wildman–Crippen MR) is 78.4 cm³/mol. The summed E-state index contributed by atoms with van der Waals surface area (Å²) in [5.74, 6) is 0. The Morgan fingerprint density at radius 1 is 1.42 bits per heavy atom. The highest BCUT2D eigenvalue weighted by Gasteiger charge is 2.32. The van der Waals surface area contributed by atoms with Gasteiger partial charge in [-0.15, -0.1) is 0 Å². The number of sulfonamides is 1. The molecule has 0 amide bonds. The molecule has 0 bridgehead atoms. The molecule has 0 aromatic heterocycles. The lowest BCUT2D eigenvalue weighted by Crippen LogP contribution is -2.46. The first-order chi connectivity index (χ1) is 8.80. The Balaban J connectivity index is 3.18. The van der Waals surface area contributed by atoms with Crippen LogP contribution >= 0.6 is 27.5 Å². The third-order valence-electron chi connectivity index (χ3n) is 2.95. The molecule has 0 aliphatic carbocycles. The fourth-order valence-electron chi connectivity index (χ4n) is 1.54. The highest BCUT2D eigenvalue weighted by Crippen LogP contribution is 2.26. The Labute approximate surface area is 126 Å². The van der Waals surface area contributed by atoms with Gasteiger partial charge in [0, 0.05) is 4.47 Å². The van der Waals surface area contributed by atoms with Crippen LogP contribution in [0.5, 0.6) is 0 Å². The predicted octanol–water partition coefficient (Wildman–Crippen LogP) is 3.46. The number of benzene rings is 1. The molecule has 1 N–H and O–H groups in total. The third-order valence-corrected chi connectivity index (χ3v) is 5.70. The first-order valence-electron chi connectivity index (χ1n) is 5.70. The van der Waals surface area contributed by atoms with Crippen molar-refractivity contribution in [3.63, 3.8) is 0 Å². The van der Waals surface area contributed by atoms with Gasteiger partial charge in [0.05, 0.1) is 16.0 Å². The summed E-state index contributed by atoms with van der Waals surface area (Å²) >= 11 is 9.01. The molecule has 0 heterocycles. The van der Waals surface area contributed by atoms with Crippen LogP contribution in [0.1, 0.15) is 26.7 Å². The van der Waals surface area contributed by atoms with Crippen LogP contribution < -0.4 is 4.72 Å². The average Bonchev–Trinajstić information content (AvgIpc) is 2.39. The third kappa shape index (κ3) is 3.69. The second-order valence-electron chi connectivity index (χ2n) is 4.08. The lowest BCUT2D eigenvalue weighted by atomic mass is 9.97. The number of nitriles is 1. The lowest BCUT2D eigenvalue weighted by molar-refractivity contribution is 0.446. The number of nitrogens with zero attached hydrogens (tertiary/aromatic N) is 1. The molecule has 1 rings (SSSR count). The molecular weight excluding hydrogens is 352 g/mol. The molecule has 4 nitrogen and oxygen atoms in total. The second kappa shape index (κ2) is 6.23. The van der Waals surface area contributed by atoms with E-state index in [2.05, 4.69) is 20.7 Å². The van der Waals surface area contributed by atoms with Gasteiger partial charge in [0.2, 0.25) is 10.0 Å². The van der Waals surface area contributed by atoms with Gasteiger partial charge in [0.1, 0.15) is 5.54 Å². The standard InChI is InChI=1S/C12H14BrClN2O2S/c1-3-12(4-2,8-15)16-19(17,18)9-5-6-11(14)10(13)7-9/h5-7,16H,3-4H2,1-2H3. The summed E-state index contributed by atoms with van der Waals surface area (Å²) in [6.45, 7) is 3.54. The van der Waals surface area contributed by atoms with Crippen molar-refractivity contribution in [2.45, 2.75) is 37.1 Å². The van der Waals surface area contributed by atoms with Crippen molar-refractivity contribution in [2.24, 2.45) is 0 Å². The number of halogens is 2. The van der Waals surface area contributed by atoms with Gasteiger partial charge in [0.15, 0.2) is 0 Å². The van der Waals surface area contributed by atoms with Crippen LogP contribution in [0.4, 0.5) is 0 Å². The van der Waals surface area contributed by atoms with E-state index in [1.54, 1.807) is 13.8 Å². The minimum Gasteiger partial charge on any atom is -0.207 e. The van der Waals surface area contributed by atoms with E-state index >= 15 is 0 Å². The van der Waals surface area contributed by atoms with E-state index in [1.807, 2.05) is 6.07 Å². The van der Waals surface area contributed by atoms with Gasteiger partial charge in [-0.3, -0.25) is 0 Å². The molecular formula is C12H14BrClN2O2S. The van der Waals surface area contributed by atoms with Crippen LogP contribution in [0.2, 0.25) is 5.02 Å². The molecule has 0 aliphatic rings. The first-order valence-corrected chi connectivity index (χ1v) is 8.36. The summed E-state index contributed by atoms with van der Waals surface area (Å²) in [6.07, 6.45) is 0.794. The quantitative estimate of drug-likeness (QED) is 0.868. The summed E-state index contributed by atoms with van der Waals surface area (Å²) in [5.41, 5.74) is -1.08. The maximum Gasteiger partial charge on any atom is 0.241 e. The first kappa shape index (κ1) is 16.4. The van der Waals surface area contributed by atoms with E-state index < -0.39 is 15.6 Å². The van der Waals surface area contributed by atoms with Gasteiger partial charge in [-0.25, -0.2) is 8.42 Å². The summed E-state index contributed by atoms with van der Waals surface area (Å²) in [7, 11) is -3.75. The minimum absolute atomic E-state index is 0.0744. The van der Waals surface area contributed by atoms with Crippen molar-refractivity contribution in [1.29, 1.82) is 5.26 Å². The fourth-order valence-corrected chi connectivity index (χ4v) is 3.67. The van der Waals surface area contributed by atoms with Gasteiger partial charge in [-0.1, -0.05) is 25.4 Å². The second-order valence-corrected chi connectivity index (χ2v) is 7.03. The number of hydrogen-bond acceptors (Lipinski definition) is 3. The highest BCUT2D eigenvalue weighted by atomic mass is 79.9. The Hall–Kier alpha value is -0.610. The van der Waals surface area contributed by atoms with Crippen LogP contribution in [0.3, 0.4) is 0 Å². The summed E-state index contributed by atoms with van der Waals surface area (Å²) in [4.78, 5) is 0.0744. The van der Waals surface area contributed by atoms with Crippen LogP contribution in [-0.4, -0.2) is 14.0 Å². The Bertz CT molecular complexity index is 607. The maximum absolute atomic E-state index is 12.3.